The van der Waals surface area contributed by atoms with Crippen molar-refractivity contribution < 1.29 is 19.0 Å². The molecule has 5 nitrogen and oxygen atoms in total. The first-order chi connectivity index (χ1) is 13.6. The third-order valence-corrected chi connectivity index (χ3v) is 4.96. The van der Waals surface area contributed by atoms with Crippen molar-refractivity contribution in [3.63, 3.8) is 0 Å². The van der Waals surface area contributed by atoms with Gasteiger partial charge < -0.3 is 19.5 Å². The number of aryl methyl sites for hydroxylation is 1. The second kappa shape index (κ2) is 9.31. The van der Waals surface area contributed by atoms with Gasteiger partial charge in [0, 0.05) is 0 Å². The average molecular weight is 381 g/mol. The largest absolute Gasteiger partial charge is 0.493 e. The Bertz CT molecular complexity index is 859. The molecular weight excluding hydrogens is 354 g/mol. The van der Waals surface area contributed by atoms with Gasteiger partial charge >= 0.3 is 0 Å². The number of rotatable bonds is 7. The summed E-state index contributed by atoms with van der Waals surface area (Å²) in [4.78, 5) is 12.8. The van der Waals surface area contributed by atoms with Crippen LogP contribution in [0, 0.1) is 6.92 Å². The summed E-state index contributed by atoms with van der Waals surface area (Å²) in [5.74, 6) is 1.51. The minimum atomic E-state index is -0.222. The predicted molar refractivity (Wildman–Crippen MR) is 109 cm³/mol. The molecule has 1 unspecified atom stereocenters. The minimum absolute atomic E-state index is 0.187. The third-order valence-electron chi connectivity index (χ3n) is 4.96. The number of carbonyl (C=O) groups excluding carboxylic acids is 1. The van der Waals surface area contributed by atoms with Gasteiger partial charge in [-0.05, 0) is 61.1 Å². The van der Waals surface area contributed by atoms with E-state index in [4.69, 9.17) is 14.2 Å². The number of amides is 1. The molecular formula is C23H27NO4. The molecule has 1 N–H and O–H groups in total. The fraction of sp³-hybridized carbons (Fsp3) is 0.348. The van der Waals surface area contributed by atoms with Crippen molar-refractivity contribution >= 4 is 5.91 Å². The van der Waals surface area contributed by atoms with Crippen LogP contribution < -0.4 is 14.8 Å². The standard InChI is InChI=1S/C23H27NO4/c1-16-8-4-5-9-17(16)14-19(24-23(25)21-10-6-7-13-28-21)18-11-12-20(26-2)22(15-18)27-3/h4-5,8-12,15,19H,6-7,13-14H2,1-3H3,(H,24,25). The van der Waals surface area contributed by atoms with Gasteiger partial charge in [-0.3, -0.25) is 4.79 Å². The molecule has 0 fully saturated rings. The Hall–Kier alpha value is -2.95. The molecule has 28 heavy (non-hydrogen) atoms. The summed E-state index contributed by atoms with van der Waals surface area (Å²) in [6.45, 7) is 2.66. The number of hydrogen-bond donors (Lipinski definition) is 1. The van der Waals surface area contributed by atoms with Gasteiger partial charge in [0.15, 0.2) is 17.3 Å². The fourth-order valence-corrected chi connectivity index (χ4v) is 3.33. The van der Waals surface area contributed by atoms with Crippen LogP contribution in [-0.2, 0) is 16.0 Å². The number of nitrogens with one attached hydrogen (secondary N) is 1. The molecule has 3 rings (SSSR count). The smallest absolute Gasteiger partial charge is 0.286 e. The second-order valence-corrected chi connectivity index (χ2v) is 6.83. The van der Waals surface area contributed by atoms with Crippen molar-refractivity contribution in [3.05, 3.63) is 71.0 Å². The van der Waals surface area contributed by atoms with Crippen LogP contribution in [-0.4, -0.2) is 26.7 Å². The van der Waals surface area contributed by atoms with Crippen molar-refractivity contribution in [2.45, 2.75) is 32.2 Å². The normalized spacial score (nSPS) is 14.5. The zero-order chi connectivity index (χ0) is 19.9. The number of allylic oxidation sites excluding steroid dienone is 1. The predicted octanol–water partition coefficient (Wildman–Crippen LogP) is 4.11. The van der Waals surface area contributed by atoms with E-state index in [0.29, 0.717) is 30.3 Å². The Morgan fingerprint density at radius 1 is 1.14 bits per heavy atom. The highest BCUT2D eigenvalue weighted by Crippen LogP contribution is 2.31. The van der Waals surface area contributed by atoms with Crippen molar-refractivity contribution in [1.29, 1.82) is 0 Å². The molecule has 1 atom stereocenters. The molecule has 0 bridgehead atoms. The average Bonchev–Trinajstić information content (AvgIpc) is 2.74. The summed E-state index contributed by atoms with van der Waals surface area (Å²) in [5.41, 5.74) is 3.32. The summed E-state index contributed by atoms with van der Waals surface area (Å²) in [5, 5.41) is 3.14. The maximum absolute atomic E-state index is 12.8. The summed E-state index contributed by atoms with van der Waals surface area (Å²) in [7, 11) is 3.22. The molecule has 0 saturated carbocycles. The molecule has 148 valence electrons. The summed E-state index contributed by atoms with van der Waals surface area (Å²) < 4.78 is 16.3. The van der Waals surface area contributed by atoms with Crippen LogP contribution in [0.4, 0.5) is 0 Å². The van der Waals surface area contributed by atoms with E-state index in [9.17, 15) is 4.79 Å². The highest BCUT2D eigenvalue weighted by atomic mass is 16.5. The Labute approximate surface area is 166 Å². The Balaban J connectivity index is 1.90. The minimum Gasteiger partial charge on any atom is -0.493 e. The van der Waals surface area contributed by atoms with Crippen LogP contribution in [0.5, 0.6) is 11.5 Å². The van der Waals surface area contributed by atoms with Gasteiger partial charge in [0.2, 0.25) is 0 Å². The van der Waals surface area contributed by atoms with E-state index in [1.807, 2.05) is 36.4 Å². The van der Waals surface area contributed by atoms with Crippen molar-refractivity contribution in [2.24, 2.45) is 0 Å². The fourth-order valence-electron chi connectivity index (χ4n) is 3.33. The van der Waals surface area contributed by atoms with E-state index >= 15 is 0 Å². The van der Waals surface area contributed by atoms with Crippen molar-refractivity contribution in [3.8, 4) is 11.5 Å². The van der Waals surface area contributed by atoms with Crippen LogP contribution in [0.3, 0.4) is 0 Å². The Morgan fingerprint density at radius 2 is 1.93 bits per heavy atom. The molecule has 0 aliphatic carbocycles. The molecule has 0 spiro atoms. The number of carbonyl (C=O) groups is 1. The highest BCUT2D eigenvalue weighted by molar-refractivity contribution is 5.91. The molecule has 1 heterocycles. The zero-order valence-corrected chi connectivity index (χ0v) is 16.7. The van der Waals surface area contributed by atoms with Crippen molar-refractivity contribution in [2.75, 3.05) is 20.8 Å². The van der Waals surface area contributed by atoms with Crippen LogP contribution in [0.25, 0.3) is 0 Å². The lowest BCUT2D eigenvalue weighted by Crippen LogP contribution is -2.32. The maximum atomic E-state index is 12.8. The lowest BCUT2D eigenvalue weighted by Gasteiger charge is -2.23. The molecule has 2 aromatic carbocycles. The van der Waals surface area contributed by atoms with Gasteiger partial charge in [0.05, 0.1) is 26.9 Å². The van der Waals surface area contributed by atoms with E-state index in [0.717, 1.165) is 18.4 Å². The molecule has 0 radical (unpaired) electrons. The van der Waals surface area contributed by atoms with Crippen molar-refractivity contribution in [1.82, 2.24) is 5.32 Å². The summed E-state index contributed by atoms with van der Waals surface area (Å²) >= 11 is 0. The Morgan fingerprint density at radius 3 is 2.61 bits per heavy atom. The lowest BCUT2D eigenvalue weighted by atomic mass is 9.95. The van der Waals surface area contributed by atoms with E-state index in [-0.39, 0.29) is 11.9 Å². The van der Waals surface area contributed by atoms with E-state index in [2.05, 4.69) is 24.4 Å². The third kappa shape index (κ3) is 4.66. The van der Waals surface area contributed by atoms with Gasteiger partial charge in [-0.25, -0.2) is 0 Å². The van der Waals surface area contributed by atoms with Crippen LogP contribution in [0.1, 0.15) is 35.6 Å². The first kappa shape index (κ1) is 19.8. The molecule has 1 aliphatic heterocycles. The zero-order valence-electron chi connectivity index (χ0n) is 16.7. The molecule has 2 aromatic rings. The van der Waals surface area contributed by atoms with Crippen LogP contribution >= 0.6 is 0 Å². The van der Waals surface area contributed by atoms with E-state index in [1.165, 1.54) is 11.1 Å². The number of ether oxygens (including phenoxy) is 3. The quantitative estimate of drug-likeness (QED) is 0.784. The highest BCUT2D eigenvalue weighted by Gasteiger charge is 2.22. The van der Waals surface area contributed by atoms with Gasteiger partial charge in [-0.1, -0.05) is 30.3 Å². The maximum Gasteiger partial charge on any atom is 0.286 e. The van der Waals surface area contributed by atoms with Gasteiger partial charge in [-0.2, -0.15) is 0 Å². The number of hydrogen-bond acceptors (Lipinski definition) is 4. The molecule has 5 heteroatoms. The Kier molecular flexibility index (Phi) is 6.58. The summed E-state index contributed by atoms with van der Waals surface area (Å²) in [6.07, 6.45) is 4.33. The first-order valence-electron chi connectivity index (χ1n) is 9.52. The van der Waals surface area contributed by atoms with E-state index < -0.39 is 0 Å². The first-order valence-corrected chi connectivity index (χ1v) is 9.52. The molecule has 0 saturated heterocycles. The molecule has 0 aromatic heterocycles. The van der Waals surface area contributed by atoms with Crippen LogP contribution in [0.2, 0.25) is 0 Å². The van der Waals surface area contributed by atoms with Gasteiger partial charge in [0.25, 0.3) is 5.91 Å². The SMILES string of the molecule is COc1ccc(C(Cc2ccccc2C)NC(=O)C2=CCCCO2)cc1OC. The van der Waals surface area contributed by atoms with Crippen LogP contribution in [0.15, 0.2) is 54.3 Å². The number of methoxy groups -OCH3 is 2. The van der Waals surface area contributed by atoms with E-state index in [1.54, 1.807) is 14.2 Å². The monoisotopic (exact) mass is 381 g/mol. The topological polar surface area (TPSA) is 56.8 Å². The lowest BCUT2D eigenvalue weighted by molar-refractivity contribution is -0.122. The second-order valence-electron chi connectivity index (χ2n) is 6.83. The number of benzene rings is 2. The molecule has 1 amide bonds. The molecule has 1 aliphatic rings. The summed E-state index contributed by atoms with van der Waals surface area (Å²) in [6, 6.07) is 13.7. The van der Waals surface area contributed by atoms with Gasteiger partial charge in [-0.15, -0.1) is 0 Å². The van der Waals surface area contributed by atoms with Gasteiger partial charge in [0.1, 0.15) is 0 Å².